The number of nitrogens with zero attached hydrogens (tertiary/aromatic N) is 4. The van der Waals surface area contributed by atoms with Gasteiger partial charge in [0.2, 0.25) is 5.13 Å². The molecule has 0 spiro atoms. The number of carbonyl (C=O) groups is 1. The number of rotatable bonds is 5. The molecule has 25 heavy (non-hydrogen) atoms. The van der Waals surface area contributed by atoms with Gasteiger partial charge in [0, 0.05) is 18.3 Å². The minimum Gasteiger partial charge on any atom is -0.296 e. The normalized spacial score (nSPS) is 11.2. The fraction of sp³-hybridized carbons (Fsp3) is 0.353. The molecule has 0 aliphatic heterocycles. The molecule has 0 atom stereocenters. The molecule has 0 aromatic carbocycles. The summed E-state index contributed by atoms with van der Waals surface area (Å²) in [7, 11) is 0. The van der Waals surface area contributed by atoms with Gasteiger partial charge in [-0.05, 0) is 31.4 Å². The fourth-order valence-electron chi connectivity index (χ4n) is 2.59. The molecular formula is C17H19N5O2S. The Labute approximate surface area is 148 Å². The zero-order valence-electron chi connectivity index (χ0n) is 14.3. The zero-order chi connectivity index (χ0) is 18.0. The molecule has 0 saturated carbocycles. The second-order valence-corrected chi connectivity index (χ2v) is 6.83. The second-order valence-electron chi connectivity index (χ2n) is 5.82. The van der Waals surface area contributed by atoms with Crippen LogP contribution in [0.3, 0.4) is 0 Å². The molecule has 0 aliphatic carbocycles. The van der Waals surface area contributed by atoms with Crippen LogP contribution in [0.25, 0.3) is 5.65 Å². The molecule has 7 nitrogen and oxygen atoms in total. The van der Waals surface area contributed by atoms with Gasteiger partial charge in [0.15, 0.2) is 0 Å². The molecule has 0 fully saturated rings. The molecular weight excluding hydrogens is 338 g/mol. The molecule has 0 saturated heterocycles. The Balaban J connectivity index is 1.88. The number of aromatic nitrogens is 4. The molecule has 1 N–H and O–H groups in total. The molecule has 3 heterocycles. The Morgan fingerprint density at radius 1 is 1.28 bits per heavy atom. The van der Waals surface area contributed by atoms with Crippen LogP contribution < -0.4 is 10.9 Å². The molecule has 3 rings (SSSR count). The first-order chi connectivity index (χ1) is 12.0. The number of aryl methyl sites for hydroxylation is 1. The highest BCUT2D eigenvalue weighted by Gasteiger charge is 2.18. The molecule has 0 aliphatic rings. The van der Waals surface area contributed by atoms with Crippen molar-refractivity contribution < 1.29 is 4.79 Å². The predicted octanol–water partition coefficient (Wildman–Crippen LogP) is 3.01. The van der Waals surface area contributed by atoms with Crippen LogP contribution >= 0.6 is 11.3 Å². The van der Waals surface area contributed by atoms with E-state index in [9.17, 15) is 9.59 Å². The largest absolute Gasteiger partial charge is 0.296 e. The summed E-state index contributed by atoms with van der Waals surface area (Å²) in [6.07, 6.45) is 4.89. The number of pyridine rings is 1. The third-order valence-electron chi connectivity index (χ3n) is 4.09. The van der Waals surface area contributed by atoms with Crippen molar-refractivity contribution >= 4 is 28.0 Å². The summed E-state index contributed by atoms with van der Waals surface area (Å²) in [6.45, 7) is 6.06. The Morgan fingerprint density at radius 2 is 2.04 bits per heavy atom. The predicted molar refractivity (Wildman–Crippen MR) is 97.4 cm³/mol. The average molecular weight is 357 g/mol. The summed E-state index contributed by atoms with van der Waals surface area (Å²) in [5.74, 6) is -0.195. The minimum absolute atomic E-state index is 0.0256. The highest BCUT2D eigenvalue weighted by molar-refractivity contribution is 7.15. The summed E-state index contributed by atoms with van der Waals surface area (Å²) in [4.78, 5) is 29.2. The summed E-state index contributed by atoms with van der Waals surface area (Å²) in [6, 6.07) is 3.60. The van der Waals surface area contributed by atoms with E-state index in [0.717, 1.165) is 23.4 Å². The number of anilines is 1. The van der Waals surface area contributed by atoms with Crippen LogP contribution in [-0.2, 0) is 0 Å². The van der Waals surface area contributed by atoms with Crippen LogP contribution in [0.4, 0.5) is 5.13 Å². The van der Waals surface area contributed by atoms with E-state index in [1.54, 1.807) is 12.3 Å². The molecule has 0 bridgehead atoms. The molecule has 3 aromatic heterocycles. The molecule has 8 heteroatoms. The monoisotopic (exact) mass is 357 g/mol. The highest BCUT2D eigenvalue weighted by Crippen LogP contribution is 2.28. The van der Waals surface area contributed by atoms with Crippen molar-refractivity contribution in [2.75, 3.05) is 5.32 Å². The van der Waals surface area contributed by atoms with Crippen molar-refractivity contribution in [2.24, 2.45) is 0 Å². The van der Waals surface area contributed by atoms with Gasteiger partial charge < -0.3 is 0 Å². The highest BCUT2D eigenvalue weighted by atomic mass is 32.1. The van der Waals surface area contributed by atoms with Crippen molar-refractivity contribution in [2.45, 2.75) is 39.5 Å². The Morgan fingerprint density at radius 3 is 2.76 bits per heavy atom. The van der Waals surface area contributed by atoms with E-state index >= 15 is 0 Å². The third-order valence-corrected chi connectivity index (χ3v) is 5.09. The van der Waals surface area contributed by atoms with E-state index in [1.807, 2.05) is 13.0 Å². The van der Waals surface area contributed by atoms with Gasteiger partial charge in [0.25, 0.3) is 11.5 Å². The summed E-state index contributed by atoms with van der Waals surface area (Å²) < 4.78 is 1.37. The van der Waals surface area contributed by atoms with Crippen molar-refractivity contribution in [1.82, 2.24) is 19.6 Å². The van der Waals surface area contributed by atoms with Gasteiger partial charge in [-0.3, -0.25) is 19.3 Å². The van der Waals surface area contributed by atoms with Gasteiger partial charge in [-0.15, -0.1) is 10.2 Å². The maximum absolute atomic E-state index is 12.5. The average Bonchev–Trinajstić information content (AvgIpc) is 3.05. The molecule has 3 aromatic rings. The van der Waals surface area contributed by atoms with E-state index in [4.69, 9.17) is 0 Å². The SMILES string of the molecule is CCC(CC)c1nnc(NC(=O)c2cnc3ccc(C)cn3c2=O)s1. The maximum atomic E-state index is 12.5. The number of carbonyl (C=O) groups excluding carboxylic acids is 1. The Bertz CT molecular complexity index is 975. The van der Waals surface area contributed by atoms with Crippen molar-refractivity contribution in [3.63, 3.8) is 0 Å². The summed E-state index contributed by atoms with van der Waals surface area (Å²) in [5, 5.41) is 12.1. The van der Waals surface area contributed by atoms with E-state index in [0.29, 0.717) is 16.7 Å². The van der Waals surface area contributed by atoms with Gasteiger partial charge in [0.1, 0.15) is 16.2 Å². The number of fused-ring (bicyclic) bond motifs is 1. The zero-order valence-corrected chi connectivity index (χ0v) is 15.1. The van der Waals surface area contributed by atoms with E-state index < -0.39 is 11.5 Å². The van der Waals surface area contributed by atoms with Crippen molar-refractivity contribution in [3.05, 3.63) is 51.0 Å². The first-order valence-electron chi connectivity index (χ1n) is 8.16. The number of hydrogen-bond donors (Lipinski definition) is 1. The van der Waals surface area contributed by atoms with Crippen LogP contribution in [0.1, 0.15) is 53.5 Å². The lowest BCUT2D eigenvalue weighted by Crippen LogP contribution is -2.26. The molecule has 0 radical (unpaired) electrons. The number of nitrogens with one attached hydrogen (secondary N) is 1. The third kappa shape index (κ3) is 3.43. The lowest BCUT2D eigenvalue weighted by atomic mass is 10.1. The Kier molecular flexibility index (Phi) is 4.89. The van der Waals surface area contributed by atoms with Crippen molar-refractivity contribution in [1.29, 1.82) is 0 Å². The van der Waals surface area contributed by atoms with Crippen LogP contribution in [0.5, 0.6) is 0 Å². The van der Waals surface area contributed by atoms with E-state index in [2.05, 4.69) is 34.3 Å². The maximum Gasteiger partial charge on any atom is 0.270 e. The standard InChI is InChI=1S/C17H19N5O2S/c1-4-11(5-2)15-20-21-17(25-15)19-14(23)12-8-18-13-7-6-10(3)9-22(13)16(12)24/h6-9,11H,4-5H2,1-3H3,(H,19,21,23). The number of amides is 1. The first kappa shape index (κ1) is 17.2. The van der Waals surface area contributed by atoms with Crippen LogP contribution in [0.15, 0.2) is 29.3 Å². The number of hydrogen-bond acceptors (Lipinski definition) is 6. The molecule has 130 valence electrons. The Hall–Kier alpha value is -2.61. The van der Waals surface area contributed by atoms with Crippen molar-refractivity contribution in [3.8, 4) is 0 Å². The van der Waals surface area contributed by atoms with E-state index in [1.165, 1.54) is 21.9 Å². The molecule has 0 unspecified atom stereocenters. The lowest BCUT2D eigenvalue weighted by Gasteiger charge is -2.06. The van der Waals surface area contributed by atoms with Crippen LogP contribution in [-0.4, -0.2) is 25.5 Å². The molecule has 1 amide bonds. The van der Waals surface area contributed by atoms with Gasteiger partial charge >= 0.3 is 0 Å². The minimum atomic E-state index is -0.527. The van der Waals surface area contributed by atoms with E-state index in [-0.39, 0.29) is 5.56 Å². The van der Waals surface area contributed by atoms with Gasteiger partial charge in [-0.1, -0.05) is 31.3 Å². The van der Waals surface area contributed by atoms with Gasteiger partial charge in [-0.25, -0.2) is 4.98 Å². The van der Waals surface area contributed by atoms with Crippen LogP contribution in [0.2, 0.25) is 0 Å². The topological polar surface area (TPSA) is 89.2 Å². The lowest BCUT2D eigenvalue weighted by molar-refractivity contribution is 0.102. The van der Waals surface area contributed by atoms with Gasteiger partial charge in [0.05, 0.1) is 0 Å². The fourth-order valence-corrected chi connectivity index (χ4v) is 3.60. The quantitative estimate of drug-likeness (QED) is 0.758. The second kappa shape index (κ2) is 7.10. The summed E-state index contributed by atoms with van der Waals surface area (Å²) in [5.41, 5.74) is 0.977. The van der Waals surface area contributed by atoms with Crippen LogP contribution in [0, 0.1) is 6.92 Å². The van der Waals surface area contributed by atoms with Gasteiger partial charge in [-0.2, -0.15) is 0 Å². The summed E-state index contributed by atoms with van der Waals surface area (Å²) >= 11 is 1.34. The smallest absolute Gasteiger partial charge is 0.270 e. The first-order valence-corrected chi connectivity index (χ1v) is 8.97.